The molecule has 198 valence electrons. The Kier molecular flexibility index (Phi) is 11.8. The minimum atomic E-state index is -3.95. The van der Waals surface area contributed by atoms with E-state index in [1.165, 1.54) is 36.0 Å². The van der Waals surface area contributed by atoms with Crippen molar-refractivity contribution in [3.63, 3.8) is 0 Å². The average Bonchev–Trinajstić information content (AvgIpc) is 2.82. The molecule has 2 aromatic rings. The Morgan fingerprint density at radius 3 is 1.94 bits per heavy atom. The lowest BCUT2D eigenvalue weighted by Crippen LogP contribution is -2.39. The van der Waals surface area contributed by atoms with Gasteiger partial charge in [-0.25, -0.2) is 4.39 Å². The Labute approximate surface area is 217 Å². The third-order valence-electron chi connectivity index (χ3n) is 5.50. The molecule has 0 aromatic heterocycles. The summed E-state index contributed by atoms with van der Waals surface area (Å²) in [7, 11) is -3.95. The molecule has 0 aliphatic heterocycles. The predicted molar refractivity (Wildman–Crippen MR) is 142 cm³/mol. The molecule has 0 heterocycles. The van der Waals surface area contributed by atoms with Crippen LogP contribution in [0, 0.1) is 18.7 Å². The zero-order chi connectivity index (χ0) is 26.9. The highest BCUT2D eigenvalue weighted by Crippen LogP contribution is 2.58. The van der Waals surface area contributed by atoms with E-state index < -0.39 is 35.5 Å². The van der Waals surface area contributed by atoms with Crippen molar-refractivity contribution in [1.82, 2.24) is 0 Å². The molecule has 0 radical (unpaired) electrons. The minimum Gasteiger partial charge on any atom is -0.465 e. The summed E-state index contributed by atoms with van der Waals surface area (Å²) >= 11 is 1.23. The quantitative estimate of drug-likeness (QED) is 0.145. The molecule has 0 aliphatic rings. The highest BCUT2D eigenvalue weighted by Gasteiger charge is 2.50. The average molecular weight is 539 g/mol. The molecule has 0 bridgehead atoms. The first-order valence-electron chi connectivity index (χ1n) is 12.1. The van der Waals surface area contributed by atoms with Crippen LogP contribution in [0.3, 0.4) is 0 Å². The van der Waals surface area contributed by atoms with E-state index in [2.05, 4.69) is 0 Å². The fourth-order valence-electron chi connectivity index (χ4n) is 3.78. The maximum absolute atomic E-state index is 13.9. The number of halogens is 1. The Morgan fingerprint density at radius 1 is 0.917 bits per heavy atom. The van der Waals surface area contributed by atoms with Crippen molar-refractivity contribution >= 4 is 31.1 Å². The van der Waals surface area contributed by atoms with Gasteiger partial charge in [-0.1, -0.05) is 43.7 Å². The van der Waals surface area contributed by atoms with E-state index in [0.29, 0.717) is 5.56 Å². The Bertz CT molecular complexity index is 1030. The fraction of sp³-hybridized carbons (Fsp3) is 0.481. The first-order valence-corrected chi connectivity index (χ1v) is 14.7. The van der Waals surface area contributed by atoms with Gasteiger partial charge in [0.05, 0.1) is 25.1 Å². The summed E-state index contributed by atoms with van der Waals surface area (Å²) in [5.74, 6) is -1.58. The SMILES string of the molecule is CCOC(=O)C(C(SC(C(=O)c1ccc(F)cc1)c1ccc(C)cc1)C(C)C)P(=O)(OCC)OCC. The number of ketones is 1. The molecule has 2 aromatic carbocycles. The standard InChI is InChI=1S/C27H36FO6PS/c1-7-32-27(30)24(35(31,33-8-2)34-9-3)25(18(4)5)36-26(21-12-10-19(6)11-13-21)23(29)20-14-16-22(28)17-15-20/h10-18,24-26H,7-9H2,1-6H3. The number of ether oxygens (including phenoxy) is 1. The Balaban J connectivity index is 2.62. The molecule has 0 saturated carbocycles. The van der Waals surface area contributed by atoms with Crippen molar-refractivity contribution < 1.29 is 32.3 Å². The van der Waals surface area contributed by atoms with Crippen molar-refractivity contribution in [3.8, 4) is 0 Å². The number of esters is 1. The first kappa shape index (κ1) is 30.2. The number of rotatable bonds is 14. The summed E-state index contributed by atoms with van der Waals surface area (Å²) in [6, 6.07) is 12.9. The van der Waals surface area contributed by atoms with Crippen LogP contribution in [0.4, 0.5) is 4.39 Å². The molecule has 0 amide bonds. The van der Waals surface area contributed by atoms with Crippen molar-refractivity contribution in [2.24, 2.45) is 5.92 Å². The van der Waals surface area contributed by atoms with Crippen LogP contribution in [-0.4, -0.2) is 42.5 Å². The molecule has 2 rings (SSSR count). The van der Waals surface area contributed by atoms with Crippen LogP contribution in [0.2, 0.25) is 0 Å². The number of benzene rings is 2. The molecule has 0 saturated heterocycles. The topological polar surface area (TPSA) is 78.9 Å². The Hall–Kier alpha value is -1.99. The van der Waals surface area contributed by atoms with Crippen LogP contribution in [0.1, 0.15) is 61.4 Å². The van der Waals surface area contributed by atoms with Crippen LogP contribution < -0.4 is 0 Å². The maximum Gasteiger partial charge on any atom is 0.346 e. The molecule has 3 atom stereocenters. The molecule has 6 nitrogen and oxygen atoms in total. The second-order valence-corrected chi connectivity index (χ2v) is 12.0. The summed E-state index contributed by atoms with van der Waals surface area (Å²) in [5.41, 5.74) is 0.841. The highest BCUT2D eigenvalue weighted by atomic mass is 32.2. The molecule has 3 unspecified atom stereocenters. The van der Waals surface area contributed by atoms with Gasteiger partial charge >= 0.3 is 13.6 Å². The summed E-state index contributed by atoms with van der Waals surface area (Å²) in [5, 5.41) is -1.40. The Morgan fingerprint density at radius 2 is 1.47 bits per heavy atom. The number of hydrogen-bond acceptors (Lipinski definition) is 7. The maximum atomic E-state index is 13.9. The van der Waals surface area contributed by atoms with Crippen LogP contribution in [0.25, 0.3) is 0 Å². The van der Waals surface area contributed by atoms with Crippen LogP contribution in [0.15, 0.2) is 48.5 Å². The number of carbonyl (C=O) groups excluding carboxylic acids is 2. The third kappa shape index (κ3) is 7.75. The zero-order valence-electron chi connectivity index (χ0n) is 21.7. The van der Waals surface area contributed by atoms with Gasteiger partial charge in [0.25, 0.3) is 0 Å². The van der Waals surface area contributed by atoms with Crippen LogP contribution in [-0.2, 0) is 23.1 Å². The second-order valence-electron chi connectivity index (χ2n) is 8.58. The van der Waals surface area contributed by atoms with Crippen molar-refractivity contribution in [2.45, 2.75) is 57.7 Å². The molecular weight excluding hydrogens is 502 g/mol. The van der Waals surface area contributed by atoms with Gasteiger partial charge in [0.2, 0.25) is 0 Å². The van der Waals surface area contributed by atoms with E-state index in [0.717, 1.165) is 11.1 Å². The predicted octanol–water partition coefficient (Wildman–Crippen LogP) is 7.01. The molecule has 0 fully saturated rings. The number of carbonyl (C=O) groups is 2. The van der Waals surface area contributed by atoms with Gasteiger partial charge in [-0.2, -0.15) is 0 Å². The smallest absolute Gasteiger partial charge is 0.346 e. The normalized spacial score (nSPS) is 14.3. The van der Waals surface area contributed by atoms with E-state index in [1.807, 2.05) is 45.0 Å². The van der Waals surface area contributed by atoms with E-state index in [9.17, 15) is 18.5 Å². The van der Waals surface area contributed by atoms with Gasteiger partial charge < -0.3 is 13.8 Å². The lowest BCUT2D eigenvalue weighted by Gasteiger charge is -2.34. The lowest BCUT2D eigenvalue weighted by atomic mass is 10.0. The summed E-state index contributed by atoms with van der Waals surface area (Å²) in [6.45, 7) is 11.0. The summed E-state index contributed by atoms with van der Waals surface area (Å²) in [6.07, 6.45) is 0. The monoisotopic (exact) mass is 538 g/mol. The van der Waals surface area contributed by atoms with Crippen molar-refractivity contribution in [1.29, 1.82) is 0 Å². The van der Waals surface area contributed by atoms with E-state index in [4.69, 9.17) is 13.8 Å². The van der Waals surface area contributed by atoms with Crippen molar-refractivity contribution in [3.05, 3.63) is 71.0 Å². The lowest BCUT2D eigenvalue weighted by molar-refractivity contribution is -0.143. The molecular formula is C27H36FO6PS. The van der Waals surface area contributed by atoms with Gasteiger partial charge in [-0.15, -0.1) is 11.8 Å². The minimum absolute atomic E-state index is 0.0819. The molecule has 0 N–H and O–H groups in total. The zero-order valence-corrected chi connectivity index (χ0v) is 23.4. The number of aryl methyl sites for hydroxylation is 1. The van der Waals surface area contributed by atoms with Gasteiger partial charge in [0.15, 0.2) is 11.4 Å². The van der Waals surface area contributed by atoms with E-state index in [1.54, 1.807) is 20.8 Å². The molecule has 9 heteroatoms. The summed E-state index contributed by atoms with van der Waals surface area (Å²) < 4.78 is 44.0. The highest BCUT2D eigenvalue weighted by molar-refractivity contribution is 8.01. The van der Waals surface area contributed by atoms with Crippen LogP contribution >= 0.6 is 19.4 Å². The first-order chi connectivity index (χ1) is 17.1. The largest absolute Gasteiger partial charge is 0.465 e. The van der Waals surface area contributed by atoms with Crippen molar-refractivity contribution in [2.75, 3.05) is 19.8 Å². The van der Waals surface area contributed by atoms with Gasteiger partial charge in [0, 0.05) is 10.8 Å². The van der Waals surface area contributed by atoms with Gasteiger partial charge in [-0.3, -0.25) is 14.2 Å². The molecule has 36 heavy (non-hydrogen) atoms. The second kappa shape index (κ2) is 14.1. The fourth-order valence-corrected chi connectivity index (χ4v) is 8.05. The van der Waals surface area contributed by atoms with Gasteiger partial charge in [0.1, 0.15) is 5.82 Å². The summed E-state index contributed by atoms with van der Waals surface area (Å²) in [4.78, 5) is 27.0. The van der Waals surface area contributed by atoms with Crippen LogP contribution in [0.5, 0.6) is 0 Å². The number of thioether (sulfide) groups is 1. The number of hydrogen-bond donors (Lipinski definition) is 0. The van der Waals surface area contributed by atoms with E-state index in [-0.39, 0.29) is 31.5 Å². The number of Topliss-reactive ketones (excluding diaryl/α,β-unsaturated/α-hetero) is 1. The molecule has 0 aliphatic carbocycles. The third-order valence-corrected chi connectivity index (χ3v) is 10.0. The molecule has 0 spiro atoms. The van der Waals surface area contributed by atoms with E-state index >= 15 is 0 Å². The van der Waals surface area contributed by atoms with Gasteiger partial charge in [-0.05, 0) is 63.4 Å².